The van der Waals surface area contributed by atoms with Crippen LogP contribution in [0.25, 0.3) is 0 Å². The second-order valence-electron chi connectivity index (χ2n) is 4.80. The Morgan fingerprint density at radius 1 is 1.06 bits per heavy atom. The molecule has 1 rings (SSSR count). The van der Waals surface area contributed by atoms with Crippen LogP contribution in [0.3, 0.4) is 0 Å². The molecule has 5 heteroatoms. The van der Waals surface area contributed by atoms with Crippen LogP contribution >= 0.6 is 0 Å². The van der Waals surface area contributed by atoms with E-state index in [1.807, 2.05) is 20.8 Å². The van der Waals surface area contributed by atoms with E-state index < -0.39 is 12.2 Å². The third kappa shape index (κ3) is 4.26. The van der Waals surface area contributed by atoms with Crippen LogP contribution in [0.1, 0.15) is 32.4 Å². The van der Waals surface area contributed by atoms with Gasteiger partial charge in [-0.1, -0.05) is 12.1 Å². The molecule has 17 heavy (non-hydrogen) atoms. The number of hydrogen-bond donors (Lipinski definition) is 1. The van der Waals surface area contributed by atoms with Crippen molar-refractivity contribution in [2.24, 2.45) is 5.73 Å². The summed E-state index contributed by atoms with van der Waals surface area (Å²) in [5, 5.41) is 0. The number of hydrogen-bond acceptors (Lipinski definition) is 2. The first-order chi connectivity index (χ1) is 7.59. The molecule has 0 radical (unpaired) electrons. The van der Waals surface area contributed by atoms with Crippen LogP contribution in [0.15, 0.2) is 24.3 Å². The molecule has 1 aromatic carbocycles. The first kappa shape index (κ1) is 13.8. The highest BCUT2D eigenvalue weighted by molar-refractivity contribution is 5.30. The smallest absolute Gasteiger partial charge is 0.407 e. The van der Waals surface area contributed by atoms with E-state index >= 15 is 0 Å². The minimum absolute atomic E-state index is 0.0266. The van der Waals surface area contributed by atoms with Crippen LogP contribution in [0.4, 0.5) is 13.2 Å². The lowest BCUT2D eigenvalue weighted by atomic mass is 10.1. The van der Waals surface area contributed by atoms with Crippen molar-refractivity contribution in [1.82, 2.24) is 0 Å². The summed E-state index contributed by atoms with van der Waals surface area (Å²) < 4.78 is 42.6. The number of nitrogens with two attached hydrogens (primary N) is 1. The Hall–Kier alpha value is -1.23. The summed E-state index contributed by atoms with van der Waals surface area (Å²) in [6, 6.07) is 3.70. The minimum atomic E-state index is -4.42. The largest absolute Gasteiger partial charge is 0.488 e. The van der Waals surface area contributed by atoms with Gasteiger partial charge in [-0.2, -0.15) is 13.2 Å². The molecule has 0 bridgehead atoms. The molecule has 0 aliphatic rings. The molecule has 0 aliphatic carbocycles. The molecule has 96 valence electrons. The van der Waals surface area contributed by atoms with Crippen LogP contribution in [0, 0.1) is 0 Å². The summed E-state index contributed by atoms with van der Waals surface area (Å²) in [4.78, 5) is 0. The Kier molecular flexibility index (Phi) is 3.71. The second-order valence-corrected chi connectivity index (χ2v) is 4.80. The topological polar surface area (TPSA) is 35.2 Å². The zero-order chi connectivity index (χ0) is 13.3. The van der Waals surface area contributed by atoms with Gasteiger partial charge in [0.1, 0.15) is 17.4 Å². The van der Waals surface area contributed by atoms with Crippen LogP contribution in [0.5, 0.6) is 5.75 Å². The molecule has 1 atom stereocenters. The van der Waals surface area contributed by atoms with E-state index in [0.717, 1.165) is 0 Å². The maximum Gasteiger partial charge on any atom is 0.407 e. The van der Waals surface area contributed by atoms with Gasteiger partial charge in [0, 0.05) is 0 Å². The van der Waals surface area contributed by atoms with Gasteiger partial charge in [0.25, 0.3) is 0 Å². The average molecular weight is 247 g/mol. The van der Waals surface area contributed by atoms with E-state index in [1.165, 1.54) is 24.3 Å². The zero-order valence-electron chi connectivity index (χ0n) is 10.0. The normalized spacial score (nSPS) is 14.5. The molecular weight excluding hydrogens is 231 g/mol. The maximum atomic E-state index is 12.4. The molecule has 0 saturated carbocycles. The lowest BCUT2D eigenvalue weighted by Crippen LogP contribution is -2.28. The summed E-state index contributed by atoms with van der Waals surface area (Å²) >= 11 is 0. The fourth-order valence-corrected chi connectivity index (χ4v) is 1.29. The summed E-state index contributed by atoms with van der Waals surface area (Å²) in [5.74, 6) is 0.524. The average Bonchev–Trinajstić information content (AvgIpc) is 2.14. The number of ether oxygens (including phenoxy) is 1. The molecular formula is C12H16F3NO. The van der Waals surface area contributed by atoms with Crippen LogP contribution in [-0.4, -0.2) is 11.8 Å². The fourth-order valence-electron chi connectivity index (χ4n) is 1.29. The van der Waals surface area contributed by atoms with Crippen LogP contribution < -0.4 is 10.5 Å². The van der Waals surface area contributed by atoms with Crippen molar-refractivity contribution in [3.8, 4) is 5.75 Å². The van der Waals surface area contributed by atoms with Crippen molar-refractivity contribution in [2.45, 2.75) is 38.6 Å². The molecule has 0 spiro atoms. The Morgan fingerprint density at radius 3 is 1.88 bits per heavy atom. The predicted molar refractivity (Wildman–Crippen MR) is 59.8 cm³/mol. The summed E-state index contributed by atoms with van der Waals surface area (Å²) in [5.41, 5.74) is 4.73. The number of halogens is 3. The minimum Gasteiger partial charge on any atom is -0.488 e. The van der Waals surface area contributed by atoms with Gasteiger partial charge < -0.3 is 10.5 Å². The molecule has 0 fully saturated rings. The Bertz CT molecular complexity index is 365. The predicted octanol–water partition coefficient (Wildman–Crippen LogP) is 3.43. The second kappa shape index (κ2) is 4.56. The first-order valence-electron chi connectivity index (χ1n) is 5.21. The van der Waals surface area contributed by atoms with Crippen molar-refractivity contribution in [3.05, 3.63) is 29.8 Å². The lowest BCUT2D eigenvalue weighted by molar-refractivity contribution is -0.149. The standard InChI is InChI=1S/C12H16F3NO/c1-11(2,3)17-9-6-4-8(5-7-9)10(16)12(13,14)15/h4-7,10H,16H2,1-3H3/t10-/m0/s1. The Morgan fingerprint density at radius 2 is 1.53 bits per heavy atom. The SMILES string of the molecule is CC(C)(C)Oc1ccc([C@H](N)C(F)(F)F)cc1. The summed E-state index contributed by atoms with van der Waals surface area (Å²) in [6.45, 7) is 5.59. The third-order valence-electron chi connectivity index (χ3n) is 2.02. The van der Waals surface area contributed by atoms with Crippen molar-refractivity contribution >= 4 is 0 Å². The van der Waals surface area contributed by atoms with E-state index in [4.69, 9.17) is 10.5 Å². The summed E-state index contributed by atoms with van der Waals surface area (Å²) in [7, 11) is 0. The molecule has 0 aromatic heterocycles. The van der Waals surface area contributed by atoms with Gasteiger partial charge in [0.05, 0.1) is 0 Å². The van der Waals surface area contributed by atoms with Crippen molar-refractivity contribution < 1.29 is 17.9 Å². The van der Waals surface area contributed by atoms with Gasteiger partial charge in [0.15, 0.2) is 0 Å². The van der Waals surface area contributed by atoms with Crippen LogP contribution in [-0.2, 0) is 0 Å². The maximum absolute atomic E-state index is 12.4. The Balaban J connectivity index is 2.82. The molecule has 1 aromatic rings. The molecule has 2 N–H and O–H groups in total. The van der Waals surface area contributed by atoms with Crippen molar-refractivity contribution in [2.75, 3.05) is 0 Å². The van der Waals surface area contributed by atoms with E-state index in [0.29, 0.717) is 5.75 Å². The molecule has 2 nitrogen and oxygen atoms in total. The van der Waals surface area contributed by atoms with E-state index in [9.17, 15) is 13.2 Å². The summed E-state index contributed by atoms with van der Waals surface area (Å²) in [6.07, 6.45) is -4.42. The fraction of sp³-hybridized carbons (Fsp3) is 0.500. The van der Waals surface area contributed by atoms with Gasteiger partial charge in [-0.05, 0) is 38.5 Å². The van der Waals surface area contributed by atoms with Gasteiger partial charge in [-0.15, -0.1) is 0 Å². The van der Waals surface area contributed by atoms with Gasteiger partial charge in [-0.25, -0.2) is 0 Å². The van der Waals surface area contributed by atoms with E-state index in [2.05, 4.69) is 0 Å². The quantitative estimate of drug-likeness (QED) is 0.869. The molecule has 0 aliphatic heterocycles. The number of rotatable bonds is 2. The van der Waals surface area contributed by atoms with Crippen molar-refractivity contribution in [1.29, 1.82) is 0 Å². The zero-order valence-corrected chi connectivity index (χ0v) is 10.0. The highest BCUT2D eigenvalue weighted by Gasteiger charge is 2.37. The molecule has 0 saturated heterocycles. The monoisotopic (exact) mass is 247 g/mol. The van der Waals surface area contributed by atoms with E-state index in [1.54, 1.807) is 0 Å². The Labute approximate surface area is 98.6 Å². The van der Waals surface area contributed by atoms with Crippen LogP contribution in [0.2, 0.25) is 0 Å². The highest BCUT2D eigenvalue weighted by atomic mass is 19.4. The number of alkyl halides is 3. The first-order valence-corrected chi connectivity index (χ1v) is 5.21. The van der Waals surface area contributed by atoms with Gasteiger partial charge in [-0.3, -0.25) is 0 Å². The van der Waals surface area contributed by atoms with Crippen molar-refractivity contribution in [3.63, 3.8) is 0 Å². The number of benzene rings is 1. The van der Waals surface area contributed by atoms with Gasteiger partial charge >= 0.3 is 6.18 Å². The molecule has 0 amide bonds. The molecule has 0 unspecified atom stereocenters. The van der Waals surface area contributed by atoms with E-state index in [-0.39, 0.29) is 11.2 Å². The highest BCUT2D eigenvalue weighted by Crippen LogP contribution is 2.31. The lowest BCUT2D eigenvalue weighted by Gasteiger charge is -2.22. The third-order valence-corrected chi connectivity index (χ3v) is 2.02. The van der Waals surface area contributed by atoms with Gasteiger partial charge in [0.2, 0.25) is 0 Å². The molecule has 0 heterocycles.